The van der Waals surface area contributed by atoms with E-state index in [0.717, 1.165) is 33.8 Å². The number of nitrogens with zero attached hydrogens (tertiary/aromatic N) is 4. The van der Waals surface area contributed by atoms with Gasteiger partial charge in [0.25, 0.3) is 0 Å². The summed E-state index contributed by atoms with van der Waals surface area (Å²) in [6.45, 7) is 2.07. The van der Waals surface area contributed by atoms with E-state index in [-0.39, 0.29) is 0 Å². The lowest BCUT2D eigenvalue weighted by Gasteiger charge is -2.25. The number of hydrogen-bond donors (Lipinski definition) is 3. The summed E-state index contributed by atoms with van der Waals surface area (Å²) < 4.78 is 8.02. The van der Waals surface area contributed by atoms with Gasteiger partial charge in [0, 0.05) is 28.3 Å². The number of hydrogen-bond acceptors (Lipinski definition) is 6. The lowest BCUT2D eigenvalue weighted by Crippen LogP contribution is -2.19. The van der Waals surface area contributed by atoms with Gasteiger partial charge in [-0.3, -0.25) is 0 Å². The molecule has 1 aliphatic carbocycles. The van der Waals surface area contributed by atoms with E-state index < -0.39 is 0 Å². The zero-order chi connectivity index (χ0) is 24.6. The number of aromatic nitrogens is 3. The molecule has 2 aromatic heterocycles. The van der Waals surface area contributed by atoms with Crippen LogP contribution in [0, 0.1) is 6.92 Å². The first kappa shape index (κ1) is 24.5. The molecule has 35 heavy (non-hydrogen) atoms. The van der Waals surface area contributed by atoms with Crippen molar-refractivity contribution in [3.8, 4) is 22.6 Å². The Balaban J connectivity index is 0.000000527. The lowest BCUT2D eigenvalue weighted by molar-refractivity contribution is 0.431. The van der Waals surface area contributed by atoms with Gasteiger partial charge in [0.15, 0.2) is 5.65 Å². The molecule has 5 N–H and O–H groups in total. The summed E-state index contributed by atoms with van der Waals surface area (Å²) in [5, 5.41) is 8.33. The van der Waals surface area contributed by atoms with Gasteiger partial charge < -0.3 is 16.0 Å². The second kappa shape index (κ2) is 11.7. The molecule has 182 valence electrons. The minimum atomic E-state index is 0.515. The largest absolute Gasteiger partial charge is 0.457 e. The molecule has 0 atom stereocenters. The summed E-state index contributed by atoms with van der Waals surface area (Å²) in [6, 6.07) is 15.6. The van der Waals surface area contributed by atoms with E-state index in [2.05, 4.69) is 50.9 Å². The normalized spacial score (nSPS) is 14.0. The van der Waals surface area contributed by atoms with Crippen molar-refractivity contribution >= 4 is 23.6 Å². The van der Waals surface area contributed by atoms with Gasteiger partial charge in [-0.15, -0.1) is 0 Å². The zero-order valence-corrected chi connectivity index (χ0v) is 20.4. The van der Waals surface area contributed by atoms with Crippen LogP contribution in [0.25, 0.3) is 16.8 Å². The highest BCUT2D eigenvalue weighted by atomic mass is 35.5. The summed E-state index contributed by atoms with van der Waals surface area (Å²) in [7, 11) is 0. The molecule has 0 unspecified atom stereocenters. The van der Waals surface area contributed by atoms with Crippen LogP contribution in [0.2, 0.25) is 5.02 Å². The maximum atomic E-state index is 6.06. The molecule has 1 aliphatic rings. The molecule has 1 saturated carbocycles. The Morgan fingerprint density at radius 2 is 1.86 bits per heavy atom. The fourth-order valence-corrected chi connectivity index (χ4v) is 4.65. The Labute approximate surface area is 209 Å². The van der Waals surface area contributed by atoms with Crippen molar-refractivity contribution in [2.45, 2.75) is 44.9 Å². The minimum absolute atomic E-state index is 0.515. The number of benzene rings is 2. The van der Waals surface area contributed by atoms with Crippen LogP contribution in [0.1, 0.15) is 49.3 Å². The summed E-state index contributed by atoms with van der Waals surface area (Å²) in [5.74, 6) is 11.3. The van der Waals surface area contributed by atoms with Gasteiger partial charge in [-0.05, 0) is 55.7 Å². The number of nitrogens with one attached hydrogen (secondary N) is 1. The molecule has 2 heterocycles. The van der Waals surface area contributed by atoms with Gasteiger partial charge in [0.1, 0.15) is 17.8 Å². The van der Waals surface area contributed by atoms with Crippen molar-refractivity contribution in [2.24, 2.45) is 16.8 Å². The molecule has 1 fully saturated rings. The van der Waals surface area contributed by atoms with Crippen molar-refractivity contribution < 1.29 is 4.74 Å². The molecule has 0 radical (unpaired) electrons. The Hall–Kier alpha value is -3.62. The fourth-order valence-electron chi connectivity index (χ4n) is 4.47. The zero-order valence-electron chi connectivity index (χ0n) is 19.7. The number of rotatable bonds is 5. The van der Waals surface area contributed by atoms with E-state index in [4.69, 9.17) is 21.3 Å². The van der Waals surface area contributed by atoms with E-state index in [1.807, 2.05) is 48.8 Å². The number of halogens is 1. The number of ether oxygens (including phenoxy) is 1. The van der Waals surface area contributed by atoms with E-state index >= 15 is 0 Å². The number of aryl methyl sites for hydroxylation is 1. The predicted octanol–water partition coefficient (Wildman–Crippen LogP) is 5.55. The molecule has 8 nitrogen and oxygen atoms in total. The summed E-state index contributed by atoms with van der Waals surface area (Å²) >= 11 is 6.06. The quantitative estimate of drug-likeness (QED) is 0.146. The van der Waals surface area contributed by atoms with Crippen LogP contribution in [0.5, 0.6) is 11.5 Å². The molecule has 0 spiro atoms. The topological polar surface area (TPSA) is 116 Å². The van der Waals surface area contributed by atoms with Crippen molar-refractivity contribution in [1.82, 2.24) is 20.0 Å². The smallest absolute Gasteiger partial charge is 0.158 e. The van der Waals surface area contributed by atoms with E-state index in [0.29, 0.717) is 10.9 Å². The number of hydrazine groups is 1. The highest BCUT2D eigenvalue weighted by Gasteiger charge is 2.23. The van der Waals surface area contributed by atoms with Crippen LogP contribution >= 0.6 is 11.6 Å². The second-order valence-electron chi connectivity index (χ2n) is 8.48. The fraction of sp³-hybridized carbons (Fsp3) is 0.269. The third-order valence-electron chi connectivity index (χ3n) is 6.08. The van der Waals surface area contributed by atoms with Crippen LogP contribution in [-0.2, 0) is 0 Å². The van der Waals surface area contributed by atoms with E-state index in [9.17, 15) is 0 Å². The molecular formula is C26H30ClN7O. The molecule has 0 amide bonds. The van der Waals surface area contributed by atoms with Crippen LogP contribution < -0.4 is 21.8 Å². The molecule has 0 aliphatic heterocycles. The van der Waals surface area contributed by atoms with Gasteiger partial charge in [-0.25, -0.2) is 15.3 Å². The number of hydrazone groups is 1. The molecule has 0 saturated heterocycles. The first-order valence-corrected chi connectivity index (χ1v) is 12.0. The van der Waals surface area contributed by atoms with Gasteiger partial charge in [0.2, 0.25) is 0 Å². The van der Waals surface area contributed by atoms with Crippen molar-refractivity contribution in [3.05, 3.63) is 77.2 Å². The Bertz CT molecular complexity index is 1280. The molecule has 9 heteroatoms. The predicted molar refractivity (Wildman–Crippen MR) is 141 cm³/mol. The summed E-state index contributed by atoms with van der Waals surface area (Å²) in [4.78, 5) is 4.73. The highest BCUT2D eigenvalue weighted by molar-refractivity contribution is 6.30. The third kappa shape index (κ3) is 5.90. The average Bonchev–Trinajstić information content (AvgIpc) is 3.26. The number of fused-ring (bicyclic) bond motifs is 1. The van der Waals surface area contributed by atoms with Crippen LogP contribution in [0.15, 0.2) is 66.0 Å². The third-order valence-corrected chi connectivity index (χ3v) is 6.31. The van der Waals surface area contributed by atoms with E-state index in [1.54, 1.807) is 0 Å². The van der Waals surface area contributed by atoms with E-state index in [1.165, 1.54) is 44.1 Å². The Kier molecular flexibility index (Phi) is 8.18. The van der Waals surface area contributed by atoms with Gasteiger partial charge in [-0.2, -0.15) is 10.2 Å². The van der Waals surface area contributed by atoms with Gasteiger partial charge >= 0.3 is 0 Å². The molecule has 0 bridgehead atoms. The second-order valence-corrected chi connectivity index (χ2v) is 8.92. The minimum Gasteiger partial charge on any atom is -0.457 e. The van der Waals surface area contributed by atoms with Gasteiger partial charge in [0.05, 0.1) is 11.9 Å². The first-order chi connectivity index (χ1) is 17.1. The van der Waals surface area contributed by atoms with Crippen LogP contribution in [-0.4, -0.2) is 20.9 Å². The van der Waals surface area contributed by atoms with Crippen LogP contribution in [0.4, 0.5) is 0 Å². The Morgan fingerprint density at radius 3 is 2.51 bits per heavy atom. The maximum absolute atomic E-state index is 6.06. The standard InChI is InChI=1S/C25H24ClN3O.CH6N4/c1-17-15-28-29-24(19-6-3-2-4-7-19)23(16-27-25(17)29)18-10-12-21(13-11-18)30-22-9-5-8-20(26)14-22;2-4-1-5-3/h5,8-16,19H,2-4,6-7H2,1H3;1H,2-3H2,(H,4,5). The SMILES string of the molecule is Cc1cnn2c(C3CCCCC3)c(-c3ccc(Oc4cccc(Cl)c4)cc3)cnc12.N/N=C\NN. The van der Waals surface area contributed by atoms with Crippen molar-refractivity contribution in [3.63, 3.8) is 0 Å². The van der Waals surface area contributed by atoms with Gasteiger partial charge in [-0.1, -0.05) is 49.1 Å². The van der Waals surface area contributed by atoms with Crippen molar-refractivity contribution in [2.75, 3.05) is 0 Å². The monoisotopic (exact) mass is 491 g/mol. The van der Waals surface area contributed by atoms with Crippen LogP contribution in [0.3, 0.4) is 0 Å². The summed E-state index contributed by atoms with van der Waals surface area (Å²) in [5.41, 5.74) is 7.76. The summed E-state index contributed by atoms with van der Waals surface area (Å²) in [6.07, 6.45) is 11.4. The molecule has 5 rings (SSSR count). The highest BCUT2D eigenvalue weighted by Crippen LogP contribution is 2.38. The average molecular weight is 492 g/mol. The molecular weight excluding hydrogens is 462 g/mol. The Morgan fingerprint density at radius 1 is 1.09 bits per heavy atom. The first-order valence-electron chi connectivity index (χ1n) is 11.7. The molecule has 4 aromatic rings. The lowest BCUT2D eigenvalue weighted by atomic mass is 9.84. The maximum Gasteiger partial charge on any atom is 0.158 e. The number of nitrogens with two attached hydrogens (primary N) is 2. The molecule has 2 aromatic carbocycles. The van der Waals surface area contributed by atoms with Crippen molar-refractivity contribution in [1.29, 1.82) is 0 Å².